The maximum atomic E-state index is 13.7. The predicted octanol–water partition coefficient (Wildman–Crippen LogP) is 3.97. The average molecular weight is 526 g/mol. The van der Waals surface area contributed by atoms with Gasteiger partial charge in [0.2, 0.25) is 0 Å². The number of aromatic nitrogens is 1. The van der Waals surface area contributed by atoms with Crippen LogP contribution >= 0.6 is 11.6 Å². The number of esters is 1. The van der Waals surface area contributed by atoms with Crippen molar-refractivity contribution in [2.24, 2.45) is 0 Å². The molecule has 192 valence electrons. The van der Waals surface area contributed by atoms with Crippen molar-refractivity contribution in [3.63, 3.8) is 0 Å². The maximum absolute atomic E-state index is 13.7. The van der Waals surface area contributed by atoms with Crippen molar-refractivity contribution in [3.8, 4) is 17.2 Å². The lowest BCUT2D eigenvalue weighted by molar-refractivity contribution is -0.140. The van der Waals surface area contributed by atoms with Crippen LogP contribution in [0.15, 0.2) is 62.7 Å². The molecule has 0 radical (unpaired) electrons. The Balaban J connectivity index is 1.84. The van der Waals surface area contributed by atoms with Gasteiger partial charge < -0.3 is 29.0 Å². The van der Waals surface area contributed by atoms with Crippen LogP contribution < -0.4 is 11.0 Å². The van der Waals surface area contributed by atoms with Gasteiger partial charge in [0.15, 0.2) is 16.9 Å². The lowest BCUT2D eigenvalue weighted by Crippen LogP contribution is -2.30. The Kier molecular flexibility index (Phi) is 7.26. The number of hydrogen-bond donors (Lipinski definition) is 3. The molecule has 2 aromatic carbocycles. The normalized spacial score (nSPS) is 12.0. The Morgan fingerprint density at radius 2 is 1.81 bits per heavy atom. The number of rotatable bonds is 7. The Morgan fingerprint density at radius 1 is 1.05 bits per heavy atom. The van der Waals surface area contributed by atoms with Gasteiger partial charge in [-0.3, -0.25) is 14.4 Å². The van der Waals surface area contributed by atoms with Crippen LogP contribution in [-0.4, -0.2) is 33.0 Å². The molecule has 0 saturated heterocycles. The molecule has 10 heteroatoms. The van der Waals surface area contributed by atoms with Crippen molar-refractivity contribution >= 4 is 28.5 Å². The fraction of sp³-hybridized carbons (Fsp3) is 0.222. The van der Waals surface area contributed by atoms with Gasteiger partial charge in [-0.25, -0.2) is 0 Å². The second-order valence-corrected chi connectivity index (χ2v) is 9.04. The van der Waals surface area contributed by atoms with E-state index in [4.69, 9.17) is 20.8 Å². The Bertz CT molecular complexity index is 1620. The zero-order valence-electron chi connectivity index (χ0n) is 20.0. The first-order valence-electron chi connectivity index (χ1n) is 11.3. The molecule has 4 rings (SSSR count). The highest BCUT2D eigenvalue weighted by molar-refractivity contribution is 6.31. The zero-order valence-corrected chi connectivity index (χ0v) is 20.8. The smallest absolute Gasteiger partial charge is 0.306 e. The molecule has 3 N–H and O–H groups in total. The van der Waals surface area contributed by atoms with Gasteiger partial charge in [0.05, 0.1) is 30.7 Å². The van der Waals surface area contributed by atoms with E-state index in [0.717, 1.165) is 0 Å². The summed E-state index contributed by atoms with van der Waals surface area (Å²) in [6.07, 6.45) is 1.09. The number of phenols is 2. The highest BCUT2D eigenvalue weighted by Crippen LogP contribution is 2.32. The molecular formula is C27H24ClNO8. The number of benzene rings is 2. The monoisotopic (exact) mass is 525 g/mol. The highest BCUT2D eigenvalue weighted by atomic mass is 35.5. The van der Waals surface area contributed by atoms with Crippen molar-refractivity contribution in [1.82, 2.24) is 4.57 Å². The summed E-state index contributed by atoms with van der Waals surface area (Å²) in [6, 6.07) is 10.3. The van der Waals surface area contributed by atoms with Crippen molar-refractivity contribution in [1.29, 1.82) is 0 Å². The van der Waals surface area contributed by atoms with Gasteiger partial charge in [-0.05, 0) is 55.3 Å². The minimum absolute atomic E-state index is 0.00794. The summed E-state index contributed by atoms with van der Waals surface area (Å²) in [5.74, 6) is -2.77. The standard InChI is InChI=1S/C27H24ClNO8/c1-14-9-22(32)25(27(35)29(14)8-7-15-3-5-20(30)21(31)10-15)17(12-24(33)36-2)19-13-37-23-6-4-16(28)11-18(23)26(19)34/h3-6,9-11,13,17,30-32H,7-8,12H2,1-2H3. The van der Waals surface area contributed by atoms with Crippen LogP contribution in [0.25, 0.3) is 11.0 Å². The average Bonchev–Trinajstić information content (AvgIpc) is 2.85. The molecule has 0 aliphatic heterocycles. The van der Waals surface area contributed by atoms with E-state index in [1.807, 2.05) is 0 Å². The van der Waals surface area contributed by atoms with E-state index in [1.165, 1.54) is 48.3 Å². The number of pyridine rings is 1. The molecule has 37 heavy (non-hydrogen) atoms. The van der Waals surface area contributed by atoms with Crippen LogP contribution in [0.2, 0.25) is 5.02 Å². The van der Waals surface area contributed by atoms with Crippen LogP contribution in [0.1, 0.15) is 34.7 Å². The number of ether oxygens (including phenoxy) is 1. The summed E-state index contributed by atoms with van der Waals surface area (Å²) < 4.78 is 11.8. The molecule has 0 amide bonds. The third-order valence-electron chi connectivity index (χ3n) is 6.27. The van der Waals surface area contributed by atoms with E-state index in [9.17, 15) is 29.7 Å². The predicted molar refractivity (Wildman–Crippen MR) is 137 cm³/mol. The van der Waals surface area contributed by atoms with Crippen molar-refractivity contribution in [2.45, 2.75) is 32.2 Å². The first-order chi connectivity index (χ1) is 17.6. The number of carbonyl (C=O) groups excluding carboxylic acids is 1. The molecule has 0 bridgehead atoms. The molecule has 2 heterocycles. The van der Waals surface area contributed by atoms with E-state index in [2.05, 4.69) is 0 Å². The first kappa shape index (κ1) is 25.8. The molecule has 1 unspecified atom stereocenters. The van der Waals surface area contributed by atoms with Crippen LogP contribution in [0.3, 0.4) is 0 Å². The van der Waals surface area contributed by atoms with Crippen LogP contribution in [0, 0.1) is 6.92 Å². The summed E-state index contributed by atoms with van der Waals surface area (Å²) in [4.78, 5) is 39.4. The number of hydrogen-bond acceptors (Lipinski definition) is 8. The topological polar surface area (TPSA) is 139 Å². The largest absolute Gasteiger partial charge is 0.507 e. The van der Waals surface area contributed by atoms with Crippen LogP contribution in [0.4, 0.5) is 0 Å². The number of aromatic hydroxyl groups is 3. The van der Waals surface area contributed by atoms with Crippen molar-refractivity contribution in [2.75, 3.05) is 7.11 Å². The van der Waals surface area contributed by atoms with Gasteiger partial charge in [-0.2, -0.15) is 0 Å². The van der Waals surface area contributed by atoms with Crippen LogP contribution in [0.5, 0.6) is 17.2 Å². The quantitative estimate of drug-likeness (QED) is 0.243. The van der Waals surface area contributed by atoms with Gasteiger partial charge >= 0.3 is 5.97 Å². The number of aryl methyl sites for hydroxylation is 2. The van der Waals surface area contributed by atoms with Crippen molar-refractivity contribution < 1.29 is 29.3 Å². The Morgan fingerprint density at radius 3 is 2.51 bits per heavy atom. The number of methoxy groups -OCH3 is 1. The summed E-state index contributed by atoms with van der Waals surface area (Å²) in [5.41, 5.74) is 0.128. The molecule has 0 aliphatic rings. The van der Waals surface area contributed by atoms with Gasteiger partial charge in [-0.1, -0.05) is 17.7 Å². The SMILES string of the molecule is COC(=O)CC(c1coc2ccc(Cl)cc2c1=O)c1c(O)cc(C)n(CCc2ccc(O)c(O)c2)c1=O. The summed E-state index contributed by atoms with van der Waals surface area (Å²) in [5, 5.41) is 30.6. The number of fused-ring (bicyclic) bond motifs is 1. The molecule has 0 saturated carbocycles. The number of carbonyl (C=O) groups is 1. The highest BCUT2D eigenvalue weighted by Gasteiger charge is 2.29. The minimum atomic E-state index is -1.16. The van der Waals surface area contributed by atoms with Gasteiger partial charge in [0.1, 0.15) is 11.3 Å². The lowest BCUT2D eigenvalue weighted by atomic mass is 9.88. The fourth-order valence-corrected chi connectivity index (χ4v) is 4.49. The molecule has 0 aliphatic carbocycles. The van der Waals surface area contributed by atoms with E-state index in [-0.39, 0.29) is 45.9 Å². The van der Waals surface area contributed by atoms with E-state index >= 15 is 0 Å². The zero-order chi connectivity index (χ0) is 26.9. The van der Waals surface area contributed by atoms with E-state index in [0.29, 0.717) is 22.7 Å². The molecule has 0 spiro atoms. The van der Waals surface area contributed by atoms with Crippen LogP contribution in [-0.2, 0) is 22.5 Å². The molecule has 2 aromatic heterocycles. The first-order valence-corrected chi connectivity index (χ1v) is 11.7. The molecule has 4 aromatic rings. The third kappa shape index (κ3) is 5.17. The second kappa shape index (κ2) is 10.4. The van der Waals surface area contributed by atoms with E-state index in [1.54, 1.807) is 19.1 Å². The van der Waals surface area contributed by atoms with Crippen molar-refractivity contribution in [3.05, 3.63) is 96.7 Å². The van der Waals surface area contributed by atoms with Gasteiger partial charge in [0, 0.05) is 28.7 Å². The Labute approximate surface area is 215 Å². The van der Waals surface area contributed by atoms with E-state index < -0.39 is 29.3 Å². The third-order valence-corrected chi connectivity index (χ3v) is 6.51. The number of halogens is 1. The minimum Gasteiger partial charge on any atom is -0.507 e. The maximum Gasteiger partial charge on any atom is 0.306 e. The lowest BCUT2D eigenvalue weighted by Gasteiger charge is -2.20. The second-order valence-electron chi connectivity index (χ2n) is 8.61. The summed E-state index contributed by atoms with van der Waals surface area (Å²) in [6.45, 7) is 1.80. The summed E-state index contributed by atoms with van der Waals surface area (Å²) in [7, 11) is 1.18. The molecule has 0 fully saturated rings. The van der Waals surface area contributed by atoms with Gasteiger partial charge in [-0.15, -0.1) is 0 Å². The van der Waals surface area contributed by atoms with Gasteiger partial charge in [0.25, 0.3) is 5.56 Å². The number of phenolic OH excluding ortho intramolecular Hbond substituents is 2. The summed E-state index contributed by atoms with van der Waals surface area (Å²) >= 11 is 6.06. The Hall–Kier alpha value is -4.24. The molecular weight excluding hydrogens is 502 g/mol. The fourth-order valence-electron chi connectivity index (χ4n) is 4.32. The molecule has 1 atom stereocenters. The number of nitrogens with zero attached hydrogens (tertiary/aromatic N) is 1. The molecule has 9 nitrogen and oxygen atoms in total.